The summed E-state index contributed by atoms with van der Waals surface area (Å²) >= 11 is 0. The zero-order valence-corrected chi connectivity index (χ0v) is 9.01. The monoisotopic (exact) mass is 257 g/mol. The molecule has 0 unspecified atom stereocenters. The molecule has 0 radical (unpaired) electrons. The number of rotatable bonds is 5. The van der Waals surface area contributed by atoms with Crippen LogP contribution < -0.4 is 4.74 Å². The Morgan fingerprint density at radius 2 is 1.67 bits per heavy atom. The Morgan fingerprint density at radius 1 is 1.11 bits per heavy atom. The van der Waals surface area contributed by atoms with Crippen molar-refractivity contribution >= 4 is 5.69 Å². The number of non-ortho nitro benzene ring substituents is 1. The predicted molar refractivity (Wildman–Crippen MR) is 56.4 cm³/mol. The quantitative estimate of drug-likeness (QED) is 0.437. The summed E-state index contributed by atoms with van der Waals surface area (Å²) in [4.78, 5) is 28.7. The average Bonchev–Trinajstić information content (AvgIpc) is 2.27. The van der Waals surface area contributed by atoms with Gasteiger partial charge in [-0.05, 0) is 6.07 Å². The highest BCUT2D eigenvalue weighted by molar-refractivity contribution is 5.44. The fraction of sp³-hybridized carbons (Fsp3) is 0.250. The van der Waals surface area contributed by atoms with Gasteiger partial charge in [-0.15, -0.1) is 0 Å². The molecule has 10 nitrogen and oxygen atoms in total. The van der Waals surface area contributed by atoms with Crippen LogP contribution in [-0.2, 0) is 0 Å². The summed E-state index contributed by atoms with van der Waals surface area (Å²) in [5.74, 6) is -0.154. The lowest BCUT2D eigenvalue weighted by molar-refractivity contribution is -0.752. The molecule has 0 N–H and O–H groups in total. The van der Waals surface area contributed by atoms with Gasteiger partial charge in [0.25, 0.3) is 5.69 Å². The SMILES string of the molecule is COc1ccc([N+](=O)[O-])cc1C([N+](=O)[O-])[N+](=O)[O-]. The van der Waals surface area contributed by atoms with E-state index in [0.29, 0.717) is 0 Å². The van der Waals surface area contributed by atoms with Gasteiger partial charge in [0.1, 0.15) is 15.6 Å². The fourth-order valence-electron chi connectivity index (χ4n) is 1.34. The third kappa shape index (κ3) is 2.48. The molecular weight excluding hydrogens is 250 g/mol. The third-order valence-electron chi connectivity index (χ3n) is 2.10. The number of nitro groups is 3. The molecule has 0 fully saturated rings. The van der Waals surface area contributed by atoms with Gasteiger partial charge in [-0.1, -0.05) is 0 Å². The van der Waals surface area contributed by atoms with E-state index in [9.17, 15) is 30.3 Å². The second-order valence-corrected chi connectivity index (χ2v) is 3.13. The van der Waals surface area contributed by atoms with Crippen LogP contribution in [0.4, 0.5) is 5.69 Å². The topological polar surface area (TPSA) is 139 Å². The number of ether oxygens (including phenoxy) is 1. The minimum atomic E-state index is -2.31. The van der Waals surface area contributed by atoms with Gasteiger partial charge in [0, 0.05) is 12.1 Å². The summed E-state index contributed by atoms with van der Waals surface area (Å²) < 4.78 is 4.73. The van der Waals surface area contributed by atoms with E-state index in [0.717, 1.165) is 25.3 Å². The summed E-state index contributed by atoms with van der Waals surface area (Å²) in [5, 5.41) is 31.8. The second-order valence-electron chi connectivity index (χ2n) is 3.13. The Kier molecular flexibility index (Phi) is 3.72. The van der Waals surface area contributed by atoms with Gasteiger partial charge in [0.2, 0.25) is 0 Å². The molecule has 10 heteroatoms. The first-order valence-corrected chi connectivity index (χ1v) is 4.47. The molecule has 0 saturated heterocycles. The standard InChI is InChI=1S/C8H7N3O7/c1-18-7-3-2-5(9(12)13)4-6(7)8(10(14)15)11(16)17/h2-4,8H,1H3. The van der Waals surface area contributed by atoms with E-state index in [4.69, 9.17) is 4.74 Å². The number of hydrogen-bond donors (Lipinski definition) is 0. The van der Waals surface area contributed by atoms with Crippen molar-refractivity contribution in [3.05, 3.63) is 54.1 Å². The van der Waals surface area contributed by atoms with Gasteiger partial charge in [-0.3, -0.25) is 30.3 Å². The van der Waals surface area contributed by atoms with Crippen molar-refractivity contribution in [2.24, 2.45) is 0 Å². The average molecular weight is 257 g/mol. The molecule has 1 rings (SSSR count). The van der Waals surface area contributed by atoms with E-state index in [2.05, 4.69) is 0 Å². The Labute approximate surface area is 99.2 Å². The van der Waals surface area contributed by atoms with Crippen molar-refractivity contribution in [1.29, 1.82) is 0 Å². The number of benzene rings is 1. The summed E-state index contributed by atoms with van der Waals surface area (Å²) in [6, 6.07) is 2.88. The van der Waals surface area contributed by atoms with E-state index < -0.39 is 32.2 Å². The maximum Gasteiger partial charge on any atom is 0.480 e. The molecule has 1 aromatic carbocycles. The molecule has 96 valence electrons. The molecule has 0 atom stereocenters. The van der Waals surface area contributed by atoms with Crippen molar-refractivity contribution < 1.29 is 19.5 Å². The Balaban J connectivity index is 3.42. The van der Waals surface area contributed by atoms with Crippen molar-refractivity contribution in [3.63, 3.8) is 0 Å². The molecule has 0 aromatic heterocycles. The Morgan fingerprint density at radius 3 is 2.06 bits per heavy atom. The zero-order valence-electron chi connectivity index (χ0n) is 9.01. The number of nitrogens with zero attached hydrogens (tertiary/aromatic N) is 3. The number of hydrogen-bond acceptors (Lipinski definition) is 7. The van der Waals surface area contributed by atoms with E-state index in [-0.39, 0.29) is 5.75 Å². The maximum atomic E-state index is 10.6. The first-order valence-electron chi connectivity index (χ1n) is 4.47. The highest BCUT2D eigenvalue weighted by atomic mass is 16.7. The fourth-order valence-corrected chi connectivity index (χ4v) is 1.34. The van der Waals surface area contributed by atoms with Gasteiger partial charge < -0.3 is 4.74 Å². The highest BCUT2D eigenvalue weighted by Crippen LogP contribution is 2.31. The summed E-state index contributed by atoms with van der Waals surface area (Å²) in [7, 11) is 1.15. The lowest BCUT2D eigenvalue weighted by Crippen LogP contribution is -2.20. The maximum absolute atomic E-state index is 10.6. The van der Waals surface area contributed by atoms with Crippen molar-refractivity contribution in [2.45, 2.75) is 6.17 Å². The van der Waals surface area contributed by atoms with E-state index in [1.165, 1.54) is 0 Å². The lowest BCUT2D eigenvalue weighted by Gasteiger charge is -2.07. The first-order chi connectivity index (χ1) is 8.38. The van der Waals surface area contributed by atoms with E-state index in [1.54, 1.807) is 0 Å². The van der Waals surface area contributed by atoms with Crippen LogP contribution in [0, 0.1) is 30.3 Å². The smallest absolute Gasteiger partial charge is 0.480 e. The molecular formula is C8H7N3O7. The van der Waals surface area contributed by atoms with Gasteiger partial charge in [0.15, 0.2) is 5.56 Å². The lowest BCUT2D eigenvalue weighted by atomic mass is 10.1. The van der Waals surface area contributed by atoms with Crippen molar-refractivity contribution in [3.8, 4) is 5.75 Å². The molecule has 0 aliphatic heterocycles. The largest absolute Gasteiger partial charge is 0.496 e. The van der Waals surface area contributed by atoms with Crippen LogP contribution in [0.5, 0.6) is 5.75 Å². The molecule has 0 bridgehead atoms. The first kappa shape index (κ1) is 13.3. The highest BCUT2D eigenvalue weighted by Gasteiger charge is 2.39. The van der Waals surface area contributed by atoms with Gasteiger partial charge in [0.05, 0.1) is 12.0 Å². The molecule has 18 heavy (non-hydrogen) atoms. The van der Waals surface area contributed by atoms with Gasteiger partial charge in [-0.25, -0.2) is 0 Å². The number of nitro benzene ring substituents is 1. The summed E-state index contributed by atoms with van der Waals surface area (Å²) in [6.07, 6.45) is -2.31. The van der Waals surface area contributed by atoms with Crippen LogP contribution >= 0.6 is 0 Å². The van der Waals surface area contributed by atoms with Gasteiger partial charge in [-0.2, -0.15) is 0 Å². The Hall–Kier alpha value is -2.78. The molecule has 0 heterocycles. The molecule has 0 aliphatic rings. The zero-order chi connectivity index (χ0) is 13.9. The molecule has 0 spiro atoms. The van der Waals surface area contributed by atoms with E-state index >= 15 is 0 Å². The molecule has 0 saturated carbocycles. The molecule has 0 amide bonds. The number of methoxy groups -OCH3 is 1. The van der Waals surface area contributed by atoms with Crippen LogP contribution in [0.15, 0.2) is 18.2 Å². The Bertz CT molecular complexity index is 501. The summed E-state index contributed by atoms with van der Waals surface area (Å²) in [6.45, 7) is 0. The minimum Gasteiger partial charge on any atom is -0.496 e. The van der Waals surface area contributed by atoms with Crippen LogP contribution in [0.25, 0.3) is 0 Å². The molecule has 0 aliphatic carbocycles. The summed E-state index contributed by atoms with van der Waals surface area (Å²) in [5.41, 5.74) is -0.957. The third-order valence-corrected chi connectivity index (χ3v) is 2.10. The van der Waals surface area contributed by atoms with Crippen LogP contribution in [0.3, 0.4) is 0 Å². The normalized spacial score (nSPS) is 10.1. The van der Waals surface area contributed by atoms with Crippen molar-refractivity contribution in [1.82, 2.24) is 0 Å². The predicted octanol–water partition coefficient (Wildman–Crippen LogP) is 1.16. The van der Waals surface area contributed by atoms with Crippen LogP contribution in [-0.4, -0.2) is 21.9 Å². The second kappa shape index (κ2) is 5.03. The van der Waals surface area contributed by atoms with Crippen LogP contribution in [0.1, 0.15) is 11.7 Å². The minimum absolute atomic E-state index is 0.154. The molecule has 1 aromatic rings. The van der Waals surface area contributed by atoms with E-state index in [1.807, 2.05) is 0 Å². The van der Waals surface area contributed by atoms with Gasteiger partial charge >= 0.3 is 6.17 Å². The van der Waals surface area contributed by atoms with Crippen LogP contribution in [0.2, 0.25) is 0 Å². The van der Waals surface area contributed by atoms with Crippen molar-refractivity contribution in [2.75, 3.05) is 7.11 Å².